The number of thiophene rings is 1. The molecular weight excluding hydrogens is 272 g/mol. The third-order valence-corrected chi connectivity index (χ3v) is 4.25. The summed E-state index contributed by atoms with van der Waals surface area (Å²) in [6.07, 6.45) is 1.31. The van der Waals surface area contributed by atoms with E-state index in [1.807, 2.05) is 0 Å². The van der Waals surface area contributed by atoms with Crippen molar-refractivity contribution in [3.05, 3.63) is 20.8 Å². The van der Waals surface area contributed by atoms with Crippen LogP contribution in [0.15, 0.2) is 15.2 Å². The molecule has 0 aliphatic carbocycles. The van der Waals surface area contributed by atoms with Crippen molar-refractivity contribution < 1.29 is 4.74 Å². The van der Waals surface area contributed by atoms with Crippen molar-refractivity contribution in [1.29, 1.82) is 0 Å². The third kappa shape index (κ3) is 2.09. The van der Waals surface area contributed by atoms with E-state index < -0.39 is 0 Å². The van der Waals surface area contributed by atoms with Crippen LogP contribution < -0.4 is 0 Å². The fraction of sp³-hybridized carbons (Fsp3) is 0.556. The van der Waals surface area contributed by atoms with Crippen LogP contribution >= 0.6 is 38.9 Å². The standard InChI is InChI=1S/C9H10BrClOS/c10-8-3-7(5-13-8)9-6(4-11)1-2-12-9/h3,5-6,9H,1-2,4H2. The van der Waals surface area contributed by atoms with Crippen molar-refractivity contribution in [3.63, 3.8) is 0 Å². The van der Waals surface area contributed by atoms with Gasteiger partial charge in [0.15, 0.2) is 0 Å². The van der Waals surface area contributed by atoms with E-state index in [1.165, 1.54) is 5.56 Å². The first-order valence-electron chi connectivity index (χ1n) is 4.22. The van der Waals surface area contributed by atoms with Crippen molar-refractivity contribution in [2.45, 2.75) is 12.5 Å². The average Bonchev–Trinajstić information content (AvgIpc) is 2.71. The summed E-state index contributed by atoms with van der Waals surface area (Å²) in [7, 11) is 0. The van der Waals surface area contributed by atoms with Crippen LogP contribution in [0.4, 0.5) is 0 Å². The smallest absolute Gasteiger partial charge is 0.0873 e. The molecule has 0 radical (unpaired) electrons. The monoisotopic (exact) mass is 280 g/mol. The predicted molar refractivity (Wildman–Crippen MR) is 59.5 cm³/mol. The minimum atomic E-state index is 0.222. The minimum Gasteiger partial charge on any atom is -0.373 e. The van der Waals surface area contributed by atoms with E-state index in [0.29, 0.717) is 11.8 Å². The van der Waals surface area contributed by atoms with E-state index in [0.717, 1.165) is 16.8 Å². The van der Waals surface area contributed by atoms with Gasteiger partial charge in [0.2, 0.25) is 0 Å². The van der Waals surface area contributed by atoms with Crippen LogP contribution in [0.5, 0.6) is 0 Å². The highest BCUT2D eigenvalue weighted by molar-refractivity contribution is 9.11. The molecule has 2 rings (SSSR count). The zero-order chi connectivity index (χ0) is 9.26. The van der Waals surface area contributed by atoms with E-state index in [4.69, 9.17) is 16.3 Å². The van der Waals surface area contributed by atoms with Crippen LogP contribution in [-0.2, 0) is 4.74 Å². The highest BCUT2D eigenvalue weighted by atomic mass is 79.9. The van der Waals surface area contributed by atoms with Crippen LogP contribution in [0.2, 0.25) is 0 Å². The molecule has 72 valence electrons. The lowest BCUT2D eigenvalue weighted by molar-refractivity contribution is 0.0955. The summed E-state index contributed by atoms with van der Waals surface area (Å²) in [6, 6.07) is 2.13. The molecule has 1 aliphatic heterocycles. The van der Waals surface area contributed by atoms with Crippen LogP contribution in [0.1, 0.15) is 18.1 Å². The summed E-state index contributed by atoms with van der Waals surface area (Å²) >= 11 is 11.0. The van der Waals surface area contributed by atoms with Gasteiger partial charge in [-0.05, 0) is 39.4 Å². The fourth-order valence-electron chi connectivity index (χ4n) is 1.63. The summed E-state index contributed by atoms with van der Waals surface area (Å²) in [5.74, 6) is 1.18. The second-order valence-corrected chi connectivity index (χ2v) is 5.78. The summed E-state index contributed by atoms with van der Waals surface area (Å²) < 4.78 is 6.82. The number of hydrogen-bond acceptors (Lipinski definition) is 2. The van der Waals surface area contributed by atoms with Gasteiger partial charge in [-0.2, -0.15) is 0 Å². The molecule has 0 spiro atoms. The van der Waals surface area contributed by atoms with Gasteiger partial charge in [0.1, 0.15) is 0 Å². The number of rotatable bonds is 2. The molecule has 1 aliphatic rings. The Morgan fingerprint density at radius 2 is 2.54 bits per heavy atom. The number of alkyl halides is 1. The topological polar surface area (TPSA) is 9.23 Å². The molecule has 0 amide bonds. The summed E-state index contributed by atoms with van der Waals surface area (Å²) in [5.41, 5.74) is 1.26. The minimum absolute atomic E-state index is 0.222. The van der Waals surface area contributed by atoms with Gasteiger partial charge in [-0.25, -0.2) is 0 Å². The Morgan fingerprint density at radius 3 is 3.15 bits per heavy atom. The van der Waals surface area contributed by atoms with E-state index in [9.17, 15) is 0 Å². The largest absolute Gasteiger partial charge is 0.373 e. The Bertz CT molecular complexity index is 289. The molecule has 1 aromatic rings. The lowest BCUT2D eigenvalue weighted by Crippen LogP contribution is -2.07. The normalized spacial score (nSPS) is 28.2. The van der Waals surface area contributed by atoms with E-state index in [-0.39, 0.29) is 6.10 Å². The van der Waals surface area contributed by atoms with Crippen LogP contribution in [0, 0.1) is 5.92 Å². The molecule has 0 saturated carbocycles. The maximum absolute atomic E-state index is 5.87. The Kier molecular flexibility index (Phi) is 3.30. The van der Waals surface area contributed by atoms with Gasteiger partial charge in [-0.1, -0.05) is 0 Å². The Morgan fingerprint density at radius 1 is 1.69 bits per heavy atom. The Balaban J connectivity index is 2.15. The average molecular weight is 282 g/mol. The molecule has 2 heterocycles. The van der Waals surface area contributed by atoms with Gasteiger partial charge >= 0.3 is 0 Å². The zero-order valence-corrected chi connectivity index (χ0v) is 10.2. The quantitative estimate of drug-likeness (QED) is 0.749. The van der Waals surface area contributed by atoms with Crippen molar-refractivity contribution >= 4 is 38.9 Å². The number of ether oxygens (including phenoxy) is 1. The molecule has 1 aromatic heterocycles. The molecule has 1 nitrogen and oxygen atoms in total. The van der Waals surface area contributed by atoms with E-state index in [2.05, 4.69) is 27.4 Å². The molecule has 1 saturated heterocycles. The highest BCUT2D eigenvalue weighted by Gasteiger charge is 2.29. The Hall–Kier alpha value is 0.430. The lowest BCUT2D eigenvalue weighted by Gasteiger charge is -2.14. The van der Waals surface area contributed by atoms with Crippen LogP contribution in [0.25, 0.3) is 0 Å². The van der Waals surface area contributed by atoms with E-state index in [1.54, 1.807) is 11.3 Å². The molecule has 0 bridgehead atoms. The molecule has 0 N–H and O–H groups in total. The first-order valence-corrected chi connectivity index (χ1v) is 6.43. The van der Waals surface area contributed by atoms with Gasteiger partial charge in [0.05, 0.1) is 9.89 Å². The first-order chi connectivity index (χ1) is 6.31. The van der Waals surface area contributed by atoms with Crippen LogP contribution in [0.3, 0.4) is 0 Å². The number of hydrogen-bond donors (Lipinski definition) is 0. The van der Waals surface area contributed by atoms with Crippen molar-refractivity contribution in [3.8, 4) is 0 Å². The molecule has 0 aromatic carbocycles. The summed E-state index contributed by atoms with van der Waals surface area (Å²) in [6.45, 7) is 0.843. The summed E-state index contributed by atoms with van der Waals surface area (Å²) in [4.78, 5) is 0. The molecule has 13 heavy (non-hydrogen) atoms. The maximum atomic E-state index is 5.87. The van der Waals surface area contributed by atoms with Crippen molar-refractivity contribution in [2.24, 2.45) is 5.92 Å². The van der Waals surface area contributed by atoms with Gasteiger partial charge < -0.3 is 4.74 Å². The Labute approximate surface area is 95.2 Å². The molecule has 1 fully saturated rings. The van der Waals surface area contributed by atoms with E-state index >= 15 is 0 Å². The van der Waals surface area contributed by atoms with Gasteiger partial charge in [0.25, 0.3) is 0 Å². The van der Waals surface area contributed by atoms with Crippen LogP contribution in [-0.4, -0.2) is 12.5 Å². The first kappa shape index (κ1) is 9.97. The SMILES string of the molecule is ClCC1CCOC1c1csc(Br)c1. The van der Waals surface area contributed by atoms with Gasteiger partial charge in [-0.15, -0.1) is 22.9 Å². The predicted octanol–water partition coefficient (Wildman–Crippen LogP) is 3.83. The third-order valence-electron chi connectivity index (χ3n) is 2.33. The molecule has 2 unspecified atom stereocenters. The maximum Gasteiger partial charge on any atom is 0.0873 e. The second kappa shape index (κ2) is 4.30. The summed E-state index contributed by atoms with van der Waals surface area (Å²) in [5, 5.41) is 2.14. The number of halogens is 2. The van der Waals surface area contributed by atoms with Crippen molar-refractivity contribution in [2.75, 3.05) is 12.5 Å². The van der Waals surface area contributed by atoms with Gasteiger partial charge in [0, 0.05) is 18.4 Å². The molecule has 2 atom stereocenters. The van der Waals surface area contributed by atoms with Crippen molar-refractivity contribution in [1.82, 2.24) is 0 Å². The zero-order valence-electron chi connectivity index (χ0n) is 7.00. The fourth-order valence-corrected chi connectivity index (χ4v) is 3.15. The second-order valence-electron chi connectivity index (χ2n) is 3.18. The molecular formula is C9H10BrClOS. The lowest BCUT2D eigenvalue weighted by atomic mass is 9.99. The van der Waals surface area contributed by atoms with Gasteiger partial charge in [-0.3, -0.25) is 0 Å². The highest BCUT2D eigenvalue weighted by Crippen LogP contribution is 2.38. The molecule has 4 heteroatoms.